The Morgan fingerprint density at radius 1 is 1.25 bits per heavy atom. The van der Waals surface area contributed by atoms with Gasteiger partial charge < -0.3 is 10.6 Å². The molecule has 0 radical (unpaired) electrons. The molecular weight excluding hydrogens is 321 g/mol. The van der Waals surface area contributed by atoms with Crippen LogP contribution in [0.4, 0.5) is 21.7 Å². The van der Waals surface area contributed by atoms with Crippen LogP contribution in [0.3, 0.4) is 0 Å². The number of hydrogen-bond donors (Lipinski definition) is 2. The fourth-order valence-corrected chi connectivity index (χ4v) is 2.12. The van der Waals surface area contributed by atoms with Crippen molar-refractivity contribution in [1.82, 2.24) is 4.98 Å². The van der Waals surface area contributed by atoms with E-state index >= 15 is 0 Å². The Morgan fingerprint density at radius 3 is 2.75 bits per heavy atom. The zero-order valence-electron chi connectivity index (χ0n) is 11.5. The average molecular weight is 338 g/mol. The van der Waals surface area contributed by atoms with Gasteiger partial charge >= 0.3 is 0 Å². The molecule has 0 fully saturated rings. The number of aryl methyl sites for hydroxylation is 1. The van der Waals surface area contributed by atoms with Crippen LogP contribution in [0, 0.1) is 12.7 Å². The first-order valence-corrected chi connectivity index (χ1v) is 7.33. The predicted molar refractivity (Wildman–Crippen MR) is 85.1 cm³/mol. The van der Waals surface area contributed by atoms with Crippen LogP contribution in [0.25, 0.3) is 0 Å². The molecule has 5 heteroatoms. The molecule has 1 aromatic heterocycles. The van der Waals surface area contributed by atoms with Gasteiger partial charge in [0.2, 0.25) is 0 Å². The van der Waals surface area contributed by atoms with Crippen molar-refractivity contribution in [1.29, 1.82) is 0 Å². The third-order valence-electron chi connectivity index (χ3n) is 2.84. The lowest BCUT2D eigenvalue weighted by Crippen LogP contribution is -2.03. The number of rotatable bonds is 5. The monoisotopic (exact) mass is 337 g/mol. The fourth-order valence-electron chi connectivity index (χ4n) is 1.77. The molecule has 0 saturated carbocycles. The maximum Gasteiger partial charge on any atom is 0.137 e. The summed E-state index contributed by atoms with van der Waals surface area (Å²) in [4.78, 5) is 4.47. The van der Waals surface area contributed by atoms with Gasteiger partial charge in [0.25, 0.3) is 0 Å². The topological polar surface area (TPSA) is 37.0 Å². The predicted octanol–water partition coefficient (Wildman–Crippen LogP) is 4.86. The quantitative estimate of drug-likeness (QED) is 0.818. The number of halogens is 2. The van der Waals surface area contributed by atoms with Crippen LogP contribution < -0.4 is 10.6 Å². The van der Waals surface area contributed by atoms with Crippen LogP contribution in [0.15, 0.2) is 34.8 Å². The van der Waals surface area contributed by atoms with Crippen LogP contribution in [0.1, 0.15) is 18.9 Å². The van der Waals surface area contributed by atoms with E-state index in [0.29, 0.717) is 4.47 Å². The smallest absolute Gasteiger partial charge is 0.137 e. The van der Waals surface area contributed by atoms with Gasteiger partial charge in [-0.3, -0.25) is 0 Å². The number of nitrogens with zero attached hydrogens (tertiary/aromatic N) is 1. The van der Waals surface area contributed by atoms with E-state index in [2.05, 4.69) is 38.5 Å². The van der Waals surface area contributed by atoms with Crippen molar-refractivity contribution in [2.24, 2.45) is 0 Å². The summed E-state index contributed by atoms with van der Waals surface area (Å²) in [5, 5.41) is 6.44. The van der Waals surface area contributed by atoms with Crippen LogP contribution >= 0.6 is 15.9 Å². The van der Waals surface area contributed by atoms with E-state index in [9.17, 15) is 4.39 Å². The van der Waals surface area contributed by atoms with E-state index in [-0.39, 0.29) is 5.82 Å². The first-order valence-electron chi connectivity index (χ1n) is 6.53. The van der Waals surface area contributed by atoms with Gasteiger partial charge in [0.1, 0.15) is 17.5 Å². The molecule has 0 saturated heterocycles. The number of pyridine rings is 1. The second-order valence-electron chi connectivity index (χ2n) is 4.54. The van der Waals surface area contributed by atoms with Gasteiger partial charge in [0.05, 0.1) is 4.47 Å². The lowest BCUT2D eigenvalue weighted by Gasteiger charge is -2.11. The molecular formula is C15H17BrFN3. The number of nitrogens with one attached hydrogen (secondary N) is 2. The van der Waals surface area contributed by atoms with Crippen molar-refractivity contribution in [3.05, 3.63) is 46.2 Å². The molecule has 1 aromatic carbocycles. The van der Waals surface area contributed by atoms with Crippen molar-refractivity contribution >= 4 is 33.3 Å². The van der Waals surface area contributed by atoms with Crippen LogP contribution in [0.2, 0.25) is 0 Å². The maximum atomic E-state index is 13.4. The lowest BCUT2D eigenvalue weighted by molar-refractivity contribution is 0.620. The number of anilines is 3. The van der Waals surface area contributed by atoms with Crippen molar-refractivity contribution in [3.63, 3.8) is 0 Å². The molecule has 0 aliphatic rings. The molecule has 1 heterocycles. The highest BCUT2D eigenvalue weighted by Gasteiger charge is 2.06. The van der Waals surface area contributed by atoms with Crippen LogP contribution in [0.5, 0.6) is 0 Å². The van der Waals surface area contributed by atoms with Crippen LogP contribution in [-0.2, 0) is 0 Å². The molecule has 0 aliphatic heterocycles. The number of hydrogen-bond acceptors (Lipinski definition) is 3. The van der Waals surface area contributed by atoms with Crippen molar-refractivity contribution in [3.8, 4) is 0 Å². The second kappa shape index (κ2) is 6.70. The summed E-state index contributed by atoms with van der Waals surface area (Å²) in [5.74, 6) is 1.29. The summed E-state index contributed by atoms with van der Waals surface area (Å²) in [6.07, 6.45) is 1.04. The number of benzene rings is 1. The third-order valence-corrected chi connectivity index (χ3v) is 3.44. The molecule has 0 unspecified atom stereocenters. The molecule has 0 spiro atoms. The summed E-state index contributed by atoms with van der Waals surface area (Å²) in [7, 11) is 0. The van der Waals surface area contributed by atoms with Gasteiger partial charge in [-0.2, -0.15) is 0 Å². The summed E-state index contributed by atoms with van der Waals surface area (Å²) >= 11 is 3.19. The molecule has 2 rings (SSSR count). The summed E-state index contributed by atoms with van der Waals surface area (Å²) in [5.41, 5.74) is 1.66. The Hall–Kier alpha value is -1.62. The Labute approximate surface area is 126 Å². The van der Waals surface area contributed by atoms with E-state index in [4.69, 9.17) is 0 Å². The summed E-state index contributed by atoms with van der Waals surface area (Å²) in [6.45, 7) is 4.85. The molecule has 2 N–H and O–H groups in total. The first-order chi connectivity index (χ1) is 9.60. The Morgan fingerprint density at radius 2 is 2.00 bits per heavy atom. The number of aromatic nitrogens is 1. The third kappa shape index (κ3) is 3.70. The lowest BCUT2D eigenvalue weighted by atomic mass is 10.2. The van der Waals surface area contributed by atoms with Crippen molar-refractivity contribution in [2.45, 2.75) is 20.3 Å². The first kappa shape index (κ1) is 14.8. The van der Waals surface area contributed by atoms with E-state index < -0.39 is 0 Å². The minimum absolute atomic E-state index is 0.264. The Balaban J connectivity index is 2.19. The molecule has 20 heavy (non-hydrogen) atoms. The molecule has 2 aromatic rings. The van der Waals surface area contributed by atoms with Crippen molar-refractivity contribution < 1.29 is 4.39 Å². The normalized spacial score (nSPS) is 10.4. The van der Waals surface area contributed by atoms with E-state index in [1.54, 1.807) is 6.07 Å². The van der Waals surface area contributed by atoms with Gasteiger partial charge in [0.15, 0.2) is 0 Å². The van der Waals surface area contributed by atoms with E-state index in [1.165, 1.54) is 6.07 Å². The maximum absolute atomic E-state index is 13.4. The zero-order chi connectivity index (χ0) is 14.5. The standard InChI is InChI=1S/C15H17BrFN3/c1-3-7-18-14-5-4-6-15(20-14)19-13-9-11(16)12(17)8-10(13)2/h4-6,8-9H,3,7H2,1-2H3,(H2,18,19,20). The van der Waals surface area contributed by atoms with Gasteiger partial charge in [-0.1, -0.05) is 13.0 Å². The molecule has 106 valence electrons. The van der Waals surface area contributed by atoms with E-state index in [0.717, 1.165) is 35.9 Å². The molecule has 0 bridgehead atoms. The highest BCUT2D eigenvalue weighted by molar-refractivity contribution is 9.10. The SMILES string of the molecule is CCCNc1cccc(Nc2cc(Br)c(F)cc2C)n1. The highest BCUT2D eigenvalue weighted by atomic mass is 79.9. The highest BCUT2D eigenvalue weighted by Crippen LogP contribution is 2.26. The minimum Gasteiger partial charge on any atom is -0.370 e. The average Bonchev–Trinajstić information content (AvgIpc) is 2.43. The summed E-state index contributed by atoms with van der Waals surface area (Å²) in [6, 6.07) is 8.95. The molecule has 0 atom stereocenters. The molecule has 0 aliphatic carbocycles. The van der Waals surface area contributed by atoms with Gasteiger partial charge in [-0.25, -0.2) is 9.37 Å². The molecule has 3 nitrogen and oxygen atoms in total. The Kier molecular flexibility index (Phi) is 4.95. The Bertz CT molecular complexity index is 602. The minimum atomic E-state index is -0.264. The summed E-state index contributed by atoms with van der Waals surface area (Å²) < 4.78 is 13.8. The zero-order valence-corrected chi connectivity index (χ0v) is 13.1. The second-order valence-corrected chi connectivity index (χ2v) is 5.40. The van der Waals surface area contributed by atoms with Gasteiger partial charge in [0, 0.05) is 12.2 Å². The largest absolute Gasteiger partial charge is 0.370 e. The van der Waals surface area contributed by atoms with Crippen molar-refractivity contribution in [2.75, 3.05) is 17.2 Å². The van der Waals surface area contributed by atoms with Gasteiger partial charge in [-0.05, 0) is 59.1 Å². The van der Waals surface area contributed by atoms with Gasteiger partial charge in [-0.15, -0.1) is 0 Å². The fraction of sp³-hybridized carbons (Fsp3) is 0.267. The molecule has 0 amide bonds. The van der Waals surface area contributed by atoms with Crippen LogP contribution in [-0.4, -0.2) is 11.5 Å². The van der Waals surface area contributed by atoms with E-state index in [1.807, 2.05) is 25.1 Å².